The van der Waals surface area contributed by atoms with Crippen molar-refractivity contribution in [2.45, 2.75) is 19.5 Å². The molecule has 1 saturated heterocycles. The zero-order chi connectivity index (χ0) is 22.1. The fourth-order valence-electron chi connectivity index (χ4n) is 4.04. The third-order valence-electron chi connectivity index (χ3n) is 5.62. The SMILES string of the molecule is Clc1cccc(CNc2ncc3nc(-c4c(Cl)cccc4Cl)n(CC4CCNC4)c3n2)c1. The topological polar surface area (TPSA) is 67.7 Å². The molecule has 2 N–H and O–H groups in total. The van der Waals surface area contributed by atoms with E-state index in [1.807, 2.05) is 42.5 Å². The highest BCUT2D eigenvalue weighted by molar-refractivity contribution is 6.39. The average Bonchev–Trinajstić information content (AvgIpc) is 3.41. The van der Waals surface area contributed by atoms with E-state index in [2.05, 4.69) is 20.2 Å². The summed E-state index contributed by atoms with van der Waals surface area (Å²) in [4.78, 5) is 14.1. The molecule has 1 aliphatic heterocycles. The first-order valence-corrected chi connectivity index (χ1v) is 11.6. The van der Waals surface area contributed by atoms with Gasteiger partial charge in [-0.25, -0.2) is 9.97 Å². The zero-order valence-corrected chi connectivity index (χ0v) is 19.4. The van der Waals surface area contributed by atoms with Crippen LogP contribution in [0.2, 0.25) is 15.1 Å². The van der Waals surface area contributed by atoms with Gasteiger partial charge in [-0.1, -0.05) is 53.0 Å². The van der Waals surface area contributed by atoms with E-state index in [1.165, 1.54) is 0 Å². The van der Waals surface area contributed by atoms with Gasteiger partial charge in [-0.05, 0) is 55.3 Å². The molecule has 0 amide bonds. The van der Waals surface area contributed by atoms with Crippen molar-refractivity contribution in [2.75, 3.05) is 18.4 Å². The molecule has 4 aromatic rings. The maximum atomic E-state index is 6.53. The van der Waals surface area contributed by atoms with Crippen LogP contribution in [0.3, 0.4) is 0 Å². The lowest BCUT2D eigenvalue weighted by Gasteiger charge is -2.15. The van der Waals surface area contributed by atoms with E-state index in [0.717, 1.165) is 37.3 Å². The van der Waals surface area contributed by atoms with Crippen LogP contribution in [0.5, 0.6) is 0 Å². The van der Waals surface area contributed by atoms with Crippen molar-refractivity contribution in [3.05, 3.63) is 69.3 Å². The van der Waals surface area contributed by atoms with E-state index in [4.69, 9.17) is 44.8 Å². The number of hydrogen-bond donors (Lipinski definition) is 2. The summed E-state index contributed by atoms with van der Waals surface area (Å²) in [5.41, 5.74) is 3.23. The molecule has 0 bridgehead atoms. The highest BCUT2D eigenvalue weighted by Crippen LogP contribution is 2.36. The monoisotopic (exact) mass is 486 g/mol. The van der Waals surface area contributed by atoms with Crippen molar-refractivity contribution < 1.29 is 0 Å². The lowest BCUT2D eigenvalue weighted by molar-refractivity contribution is 0.490. The van der Waals surface area contributed by atoms with E-state index in [0.29, 0.717) is 50.4 Å². The Balaban J connectivity index is 1.54. The van der Waals surface area contributed by atoms with Crippen LogP contribution in [0.1, 0.15) is 12.0 Å². The van der Waals surface area contributed by atoms with Gasteiger partial charge in [-0.3, -0.25) is 0 Å². The smallest absolute Gasteiger partial charge is 0.225 e. The Labute approximate surface area is 200 Å². The Morgan fingerprint density at radius 3 is 2.62 bits per heavy atom. The first kappa shape index (κ1) is 21.5. The summed E-state index contributed by atoms with van der Waals surface area (Å²) in [6.07, 6.45) is 2.83. The van der Waals surface area contributed by atoms with Crippen LogP contribution in [-0.4, -0.2) is 32.6 Å². The molecule has 1 aliphatic rings. The second-order valence-corrected chi connectivity index (χ2v) is 9.14. The highest BCUT2D eigenvalue weighted by Gasteiger charge is 2.23. The fraction of sp³-hybridized carbons (Fsp3) is 0.261. The molecule has 0 aliphatic carbocycles. The van der Waals surface area contributed by atoms with Gasteiger partial charge in [0.1, 0.15) is 11.3 Å². The summed E-state index contributed by atoms with van der Waals surface area (Å²) < 4.78 is 2.12. The van der Waals surface area contributed by atoms with Crippen LogP contribution in [0.25, 0.3) is 22.6 Å². The lowest BCUT2D eigenvalue weighted by Crippen LogP contribution is -2.16. The minimum atomic E-state index is 0.477. The maximum Gasteiger partial charge on any atom is 0.225 e. The van der Waals surface area contributed by atoms with Crippen LogP contribution in [0, 0.1) is 5.92 Å². The van der Waals surface area contributed by atoms with E-state index in [1.54, 1.807) is 6.20 Å². The van der Waals surface area contributed by atoms with Gasteiger partial charge in [0.25, 0.3) is 0 Å². The number of hydrogen-bond acceptors (Lipinski definition) is 5. The number of fused-ring (bicyclic) bond motifs is 1. The van der Waals surface area contributed by atoms with Gasteiger partial charge < -0.3 is 15.2 Å². The Kier molecular flexibility index (Phi) is 6.20. The second-order valence-electron chi connectivity index (χ2n) is 7.89. The molecular weight excluding hydrogens is 467 g/mol. The molecule has 0 saturated carbocycles. The molecule has 5 rings (SSSR count). The van der Waals surface area contributed by atoms with Crippen molar-refractivity contribution in [3.8, 4) is 11.4 Å². The minimum absolute atomic E-state index is 0.477. The maximum absolute atomic E-state index is 6.53. The van der Waals surface area contributed by atoms with Crippen LogP contribution in [0.15, 0.2) is 48.7 Å². The van der Waals surface area contributed by atoms with Gasteiger partial charge in [-0.2, -0.15) is 4.98 Å². The van der Waals surface area contributed by atoms with Gasteiger partial charge in [0.15, 0.2) is 5.65 Å². The summed E-state index contributed by atoms with van der Waals surface area (Å²) >= 11 is 19.2. The number of nitrogens with zero attached hydrogens (tertiary/aromatic N) is 4. The summed E-state index contributed by atoms with van der Waals surface area (Å²) in [7, 11) is 0. The predicted octanol–water partition coefficient (Wildman–Crippen LogP) is 5.68. The molecule has 9 heteroatoms. The first-order valence-electron chi connectivity index (χ1n) is 10.4. The number of anilines is 1. The van der Waals surface area contributed by atoms with Crippen molar-refractivity contribution in [3.63, 3.8) is 0 Å². The summed E-state index contributed by atoms with van der Waals surface area (Å²) in [6, 6.07) is 13.2. The number of aromatic nitrogens is 4. The minimum Gasteiger partial charge on any atom is -0.350 e. The third-order valence-corrected chi connectivity index (χ3v) is 6.48. The highest BCUT2D eigenvalue weighted by atomic mass is 35.5. The molecule has 0 spiro atoms. The van der Waals surface area contributed by atoms with E-state index < -0.39 is 0 Å². The number of nitrogens with one attached hydrogen (secondary N) is 2. The van der Waals surface area contributed by atoms with Crippen LogP contribution in [-0.2, 0) is 13.1 Å². The quantitative estimate of drug-likeness (QED) is 0.366. The van der Waals surface area contributed by atoms with Crippen molar-refractivity contribution in [1.29, 1.82) is 0 Å². The summed E-state index contributed by atoms with van der Waals surface area (Å²) in [6.45, 7) is 3.31. The molecule has 1 fully saturated rings. The van der Waals surface area contributed by atoms with Gasteiger partial charge >= 0.3 is 0 Å². The summed E-state index contributed by atoms with van der Waals surface area (Å²) in [5, 5.41) is 8.54. The molecule has 1 unspecified atom stereocenters. The van der Waals surface area contributed by atoms with E-state index in [9.17, 15) is 0 Å². The van der Waals surface area contributed by atoms with Gasteiger partial charge in [0.05, 0.1) is 21.8 Å². The van der Waals surface area contributed by atoms with Gasteiger partial charge in [0, 0.05) is 18.1 Å². The molecule has 3 heterocycles. The number of rotatable bonds is 6. The number of halogens is 3. The average molecular weight is 488 g/mol. The van der Waals surface area contributed by atoms with Crippen LogP contribution in [0.4, 0.5) is 5.95 Å². The van der Waals surface area contributed by atoms with Gasteiger partial charge in [0.2, 0.25) is 5.95 Å². The Bertz CT molecular complexity index is 1250. The van der Waals surface area contributed by atoms with Gasteiger partial charge in [-0.15, -0.1) is 0 Å². The molecular formula is C23H21Cl3N6. The zero-order valence-electron chi connectivity index (χ0n) is 17.2. The number of benzene rings is 2. The molecule has 6 nitrogen and oxygen atoms in total. The van der Waals surface area contributed by atoms with E-state index in [-0.39, 0.29) is 0 Å². The summed E-state index contributed by atoms with van der Waals surface area (Å²) in [5.74, 6) is 1.72. The molecule has 32 heavy (non-hydrogen) atoms. The molecule has 0 radical (unpaired) electrons. The standard InChI is InChI=1S/C23H21Cl3N6/c24-16-4-1-3-14(9-16)11-28-23-29-12-19-21(31-23)32(13-15-7-8-27-10-15)22(30-19)20-17(25)5-2-6-18(20)26/h1-6,9,12,15,27H,7-8,10-11,13H2,(H,28,29,31). The van der Waals surface area contributed by atoms with Crippen molar-refractivity contribution >= 4 is 51.9 Å². The van der Waals surface area contributed by atoms with E-state index >= 15 is 0 Å². The Morgan fingerprint density at radius 2 is 1.88 bits per heavy atom. The second kappa shape index (κ2) is 9.24. The number of imidazole rings is 1. The third kappa shape index (κ3) is 4.41. The van der Waals surface area contributed by atoms with Crippen molar-refractivity contribution in [1.82, 2.24) is 24.8 Å². The lowest BCUT2D eigenvalue weighted by atomic mass is 10.1. The Hall–Kier alpha value is -2.38. The Morgan fingerprint density at radius 1 is 1.06 bits per heavy atom. The normalized spacial score (nSPS) is 16.0. The molecule has 2 aromatic carbocycles. The molecule has 2 aromatic heterocycles. The van der Waals surface area contributed by atoms with Crippen LogP contribution >= 0.6 is 34.8 Å². The van der Waals surface area contributed by atoms with Crippen molar-refractivity contribution in [2.24, 2.45) is 5.92 Å². The molecule has 1 atom stereocenters. The first-order chi connectivity index (χ1) is 15.6. The molecule has 164 valence electrons. The predicted molar refractivity (Wildman–Crippen MR) is 131 cm³/mol. The largest absolute Gasteiger partial charge is 0.350 e. The van der Waals surface area contributed by atoms with Crippen LogP contribution < -0.4 is 10.6 Å². The fourth-order valence-corrected chi connectivity index (χ4v) is 4.82.